The maximum atomic E-state index is 12.7. The minimum atomic E-state index is -4.84. The molecule has 2 rings (SSSR count). The molecule has 11 heteroatoms. The molecule has 0 amide bonds. The third-order valence-corrected chi connectivity index (χ3v) is 6.20. The zero-order valence-corrected chi connectivity index (χ0v) is 14.3. The van der Waals surface area contributed by atoms with Crippen molar-refractivity contribution >= 4 is 41.6 Å². The van der Waals surface area contributed by atoms with Crippen LogP contribution in [0.2, 0.25) is 0 Å². The molecule has 0 saturated carbocycles. The monoisotopic (exact) mass is 421 g/mol. The normalized spacial score (nSPS) is 12.1. The number of hydrogen-bond donors (Lipinski definition) is 1. The molecule has 0 radical (unpaired) electrons. The van der Waals surface area contributed by atoms with E-state index in [1.54, 1.807) is 0 Å². The van der Waals surface area contributed by atoms with Crippen molar-refractivity contribution < 1.29 is 26.3 Å². The van der Waals surface area contributed by atoms with Crippen molar-refractivity contribution in [1.82, 2.24) is 0 Å². The van der Waals surface area contributed by atoms with Gasteiger partial charge in [-0.1, -0.05) is 28.1 Å². The summed E-state index contributed by atoms with van der Waals surface area (Å²) in [4.78, 5) is 7.83. The number of rotatable bonds is 4. The van der Waals surface area contributed by atoms with E-state index in [-0.39, 0.29) is 4.47 Å². The Hall–Kier alpha value is -1.82. The Labute approximate surface area is 139 Å². The third kappa shape index (κ3) is 3.42. The van der Waals surface area contributed by atoms with Gasteiger partial charge in [-0.25, -0.2) is 8.42 Å². The molecule has 0 atom stereocenters. The van der Waals surface area contributed by atoms with Crippen molar-refractivity contribution in [2.24, 2.45) is 0 Å². The predicted molar refractivity (Wildman–Crippen MR) is 82.5 cm³/mol. The number of benzene rings is 2. The minimum Gasteiger partial charge on any atom is -0.282 e. The Morgan fingerprint density at radius 2 is 1.57 bits per heavy atom. The summed E-state index contributed by atoms with van der Waals surface area (Å²) in [6.45, 7) is 0. The van der Waals surface area contributed by atoms with Gasteiger partial charge in [-0.05, 0) is 24.3 Å². The molecule has 0 aliphatic rings. The van der Waals surface area contributed by atoms with Crippen LogP contribution in [-0.4, -0.2) is 26.3 Å². The van der Waals surface area contributed by atoms with E-state index in [0.29, 0.717) is 0 Å². The number of halogens is 1. The lowest BCUT2D eigenvalue weighted by Gasteiger charge is -2.09. The van der Waals surface area contributed by atoms with Gasteiger partial charge in [0.05, 0.1) is 9.82 Å². The smallest absolute Gasteiger partial charge is 0.282 e. The first-order valence-electron chi connectivity index (χ1n) is 5.80. The zero-order chi connectivity index (χ0) is 17.4. The molecular formula is C12H8BrNO7S2. The van der Waals surface area contributed by atoms with Gasteiger partial charge in [0, 0.05) is 10.5 Å². The maximum Gasteiger partial charge on any atom is 0.295 e. The van der Waals surface area contributed by atoms with E-state index < -0.39 is 45.3 Å². The summed E-state index contributed by atoms with van der Waals surface area (Å²) in [6.07, 6.45) is 0. The number of nitro benzene ring substituents is 1. The molecule has 122 valence electrons. The summed E-state index contributed by atoms with van der Waals surface area (Å²) in [5.41, 5.74) is -0.700. The Bertz CT molecular complexity index is 1000. The molecular weight excluding hydrogens is 414 g/mol. The SMILES string of the molecule is O=[N+]([O-])c1ccccc1S(=O)(=O)c1cc(Br)ccc1S(=O)(=O)O. The van der Waals surface area contributed by atoms with Gasteiger partial charge >= 0.3 is 0 Å². The van der Waals surface area contributed by atoms with Crippen molar-refractivity contribution in [1.29, 1.82) is 0 Å². The third-order valence-electron chi connectivity index (χ3n) is 2.82. The second kappa shape index (κ2) is 6.00. The summed E-state index contributed by atoms with van der Waals surface area (Å²) < 4.78 is 57.6. The van der Waals surface area contributed by atoms with Crippen LogP contribution >= 0.6 is 15.9 Å². The van der Waals surface area contributed by atoms with Crippen LogP contribution < -0.4 is 0 Å². The van der Waals surface area contributed by atoms with Crippen LogP contribution in [0.15, 0.2) is 61.6 Å². The topological polar surface area (TPSA) is 132 Å². The molecule has 0 aliphatic carbocycles. The maximum absolute atomic E-state index is 12.7. The fraction of sp³-hybridized carbons (Fsp3) is 0. The van der Waals surface area contributed by atoms with Gasteiger partial charge in [-0.3, -0.25) is 14.7 Å². The van der Waals surface area contributed by atoms with Crippen LogP contribution in [-0.2, 0) is 20.0 Å². The van der Waals surface area contributed by atoms with Crippen LogP contribution in [0.3, 0.4) is 0 Å². The molecule has 0 unspecified atom stereocenters. The number of sulfone groups is 1. The number of nitro groups is 1. The molecule has 0 aliphatic heterocycles. The van der Waals surface area contributed by atoms with Crippen LogP contribution in [0, 0.1) is 10.1 Å². The summed E-state index contributed by atoms with van der Waals surface area (Å²) in [7, 11) is -9.41. The Kier molecular flexibility index (Phi) is 4.57. The highest BCUT2D eigenvalue weighted by Gasteiger charge is 2.32. The highest BCUT2D eigenvalue weighted by molar-refractivity contribution is 9.10. The molecule has 1 N–H and O–H groups in total. The predicted octanol–water partition coefficient (Wildman–Crippen LogP) is 2.44. The lowest BCUT2D eigenvalue weighted by atomic mass is 10.3. The molecule has 0 bridgehead atoms. The van der Waals surface area contributed by atoms with Gasteiger partial charge in [0.25, 0.3) is 15.8 Å². The van der Waals surface area contributed by atoms with Crippen molar-refractivity contribution in [3.05, 3.63) is 57.1 Å². The van der Waals surface area contributed by atoms with E-state index in [9.17, 15) is 31.5 Å². The van der Waals surface area contributed by atoms with Gasteiger partial charge < -0.3 is 0 Å². The average molecular weight is 422 g/mol. The van der Waals surface area contributed by atoms with E-state index in [0.717, 1.165) is 24.3 Å². The van der Waals surface area contributed by atoms with Crippen LogP contribution in [0.25, 0.3) is 0 Å². The molecule has 2 aromatic carbocycles. The molecule has 0 spiro atoms. The quantitative estimate of drug-likeness (QED) is 0.455. The van der Waals surface area contributed by atoms with Gasteiger partial charge in [0.2, 0.25) is 9.84 Å². The fourth-order valence-electron chi connectivity index (χ4n) is 1.86. The van der Waals surface area contributed by atoms with Gasteiger partial charge in [0.15, 0.2) is 0 Å². The van der Waals surface area contributed by atoms with E-state index in [4.69, 9.17) is 0 Å². The zero-order valence-electron chi connectivity index (χ0n) is 11.1. The van der Waals surface area contributed by atoms with Gasteiger partial charge in [0.1, 0.15) is 9.79 Å². The van der Waals surface area contributed by atoms with Crippen LogP contribution in [0.1, 0.15) is 0 Å². The van der Waals surface area contributed by atoms with Crippen molar-refractivity contribution in [2.45, 2.75) is 14.7 Å². The van der Waals surface area contributed by atoms with Crippen molar-refractivity contribution in [2.75, 3.05) is 0 Å². The van der Waals surface area contributed by atoms with Crippen LogP contribution in [0.4, 0.5) is 5.69 Å². The first-order chi connectivity index (χ1) is 10.5. The molecule has 0 aromatic heterocycles. The van der Waals surface area contributed by atoms with E-state index >= 15 is 0 Å². The van der Waals surface area contributed by atoms with E-state index in [2.05, 4.69) is 15.9 Å². The first kappa shape index (κ1) is 17.5. The minimum absolute atomic E-state index is 0.224. The Morgan fingerprint density at radius 1 is 0.957 bits per heavy atom. The fourth-order valence-corrected chi connectivity index (χ4v) is 5.10. The van der Waals surface area contributed by atoms with Crippen molar-refractivity contribution in [3.63, 3.8) is 0 Å². The lowest BCUT2D eigenvalue weighted by Crippen LogP contribution is -2.11. The molecule has 0 fully saturated rings. The lowest BCUT2D eigenvalue weighted by molar-refractivity contribution is -0.387. The highest BCUT2D eigenvalue weighted by atomic mass is 79.9. The van der Waals surface area contributed by atoms with Gasteiger partial charge in [-0.2, -0.15) is 8.42 Å². The molecule has 0 saturated heterocycles. The molecule has 23 heavy (non-hydrogen) atoms. The van der Waals surface area contributed by atoms with Crippen molar-refractivity contribution in [3.8, 4) is 0 Å². The summed E-state index contributed by atoms with van der Waals surface area (Å²) in [5, 5.41) is 11.0. The second-order valence-electron chi connectivity index (χ2n) is 4.29. The Morgan fingerprint density at radius 3 is 2.13 bits per heavy atom. The first-order valence-corrected chi connectivity index (χ1v) is 9.52. The van der Waals surface area contributed by atoms with Crippen LogP contribution in [0.5, 0.6) is 0 Å². The average Bonchev–Trinajstić information content (AvgIpc) is 2.45. The summed E-state index contributed by atoms with van der Waals surface area (Å²) >= 11 is 3.00. The summed E-state index contributed by atoms with van der Waals surface area (Å²) in [6, 6.07) is 7.59. The number of nitrogens with zero attached hydrogens (tertiary/aromatic N) is 1. The number of hydrogen-bond acceptors (Lipinski definition) is 6. The second-order valence-corrected chi connectivity index (χ2v) is 8.49. The van der Waals surface area contributed by atoms with E-state index in [1.165, 1.54) is 18.2 Å². The largest absolute Gasteiger partial charge is 0.295 e. The standard InChI is InChI=1S/C12H8BrNO7S2/c13-8-5-6-11(23(19,20)21)12(7-8)22(17,18)10-4-2-1-3-9(10)14(15)16/h1-7H,(H,19,20,21). The highest BCUT2D eigenvalue weighted by Crippen LogP contribution is 2.33. The molecule has 0 heterocycles. The van der Waals surface area contributed by atoms with Gasteiger partial charge in [-0.15, -0.1) is 0 Å². The Balaban J connectivity index is 2.87. The summed E-state index contributed by atoms with van der Waals surface area (Å²) in [5.74, 6) is 0. The molecule has 2 aromatic rings. The number of para-hydroxylation sites is 1. The molecule has 8 nitrogen and oxygen atoms in total. The van der Waals surface area contributed by atoms with E-state index in [1.807, 2.05) is 0 Å².